The molecule has 3 N–H and O–H groups in total. The van der Waals surface area contributed by atoms with E-state index in [1.165, 1.54) is 10.9 Å². The molecule has 0 radical (unpaired) electrons. The summed E-state index contributed by atoms with van der Waals surface area (Å²) >= 11 is 0. The van der Waals surface area contributed by atoms with Crippen molar-refractivity contribution in [3.63, 3.8) is 0 Å². The van der Waals surface area contributed by atoms with Crippen LogP contribution in [0.15, 0.2) is 101 Å². The normalized spacial score (nSPS) is 11.2. The largest absolute Gasteiger partial charge is 0.505 e. The fourth-order valence-corrected chi connectivity index (χ4v) is 4.16. The maximum Gasteiger partial charge on any atom is 0.260 e. The number of carbonyl (C=O) groups excluding carboxylic acids is 1. The highest BCUT2D eigenvalue weighted by Crippen LogP contribution is 2.38. The molecule has 0 aliphatic rings. The molecule has 182 valence electrons. The molecule has 0 atom stereocenters. The number of aromatic nitrogens is 4. The number of phenolic OH excluding ortho intramolecular Hbond substituents is 1. The van der Waals surface area contributed by atoms with Crippen molar-refractivity contribution in [3.8, 4) is 17.8 Å². The monoisotopic (exact) mass is 498 g/mol. The van der Waals surface area contributed by atoms with Gasteiger partial charge in [0.05, 0.1) is 22.8 Å². The molecule has 10 heteroatoms. The number of fused-ring (bicyclic) bond motifs is 2. The second-order valence-electron chi connectivity index (χ2n) is 8.34. The molecule has 0 unspecified atom stereocenters. The Morgan fingerprint density at radius 3 is 2.58 bits per heavy atom. The second-order valence-corrected chi connectivity index (χ2v) is 8.34. The highest BCUT2D eigenvalue weighted by atomic mass is 16.3. The lowest BCUT2D eigenvalue weighted by molar-refractivity contribution is 0.102. The Balaban J connectivity index is 1.44. The smallest absolute Gasteiger partial charge is 0.260 e. The maximum absolute atomic E-state index is 13.2. The fraction of sp³-hybridized carbons (Fsp3) is 0. The first-order valence-electron chi connectivity index (χ1n) is 11.6. The van der Waals surface area contributed by atoms with Gasteiger partial charge in [-0.2, -0.15) is 15.0 Å². The molecule has 2 heterocycles. The van der Waals surface area contributed by atoms with Crippen LogP contribution in [0.4, 0.5) is 17.2 Å². The van der Waals surface area contributed by atoms with Crippen LogP contribution in [0.1, 0.15) is 15.9 Å². The van der Waals surface area contributed by atoms with Gasteiger partial charge in [0.15, 0.2) is 11.6 Å². The molecule has 0 fully saturated rings. The van der Waals surface area contributed by atoms with Gasteiger partial charge in [0.2, 0.25) is 5.95 Å². The number of nitriles is 1. The summed E-state index contributed by atoms with van der Waals surface area (Å²) in [5.41, 5.74) is 2.38. The lowest BCUT2D eigenvalue weighted by Crippen LogP contribution is -2.12. The zero-order valence-corrected chi connectivity index (χ0v) is 19.7. The van der Waals surface area contributed by atoms with Gasteiger partial charge in [0, 0.05) is 5.69 Å². The number of nitrogens with one attached hydrogen (secondary N) is 2. The quantitative estimate of drug-likeness (QED) is 0.244. The summed E-state index contributed by atoms with van der Waals surface area (Å²) in [4.78, 5) is 20.9. The Morgan fingerprint density at radius 1 is 1.00 bits per heavy atom. The Kier molecular flexibility index (Phi) is 5.56. The van der Waals surface area contributed by atoms with Crippen LogP contribution in [0, 0.1) is 11.3 Å². The van der Waals surface area contributed by atoms with Gasteiger partial charge in [0.1, 0.15) is 17.3 Å². The molecule has 10 nitrogen and oxygen atoms in total. The molecule has 0 spiro atoms. The second kappa shape index (κ2) is 9.33. The number of carbonyl (C=O) groups is 1. The molecule has 0 saturated heterocycles. The van der Waals surface area contributed by atoms with Crippen molar-refractivity contribution in [1.29, 1.82) is 5.26 Å². The van der Waals surface area contributed by atoms with Gasteiger partial charge in [0.25, 0.3) is 5.91 Å². The van der Waals surface area contributed by atoms with E-state index in [1.807, 2.05) is 42.5 Å². The van der Waals surface area contributed by atoms with Crippen LogP contribution >= 0.6 is 0 Å². The lowest BCUT2D eigenvalue weighted by atomic mass is 10.0. The van der Waals surface area contributed by atoms with E-state index in [0.717, 1.165) is 11.0 Å². The number of imidazole rings is 1. The van der Waals surface area contributed by atoms with Crippen molar-refractivity contribution in [1.82, 2.24) is 19.7 Å². The number of aromatic amines is 1. The van der Waals surface area contributed by atoms with E-state index in [9.17, 15) is 15.2 Å². The molecule has 6 aromatic rings. The number of H-pyrrole nitrogens is 1. The van der Waals surface area contributed by atoms with Gasteiger partial charge in [-0.1, -0.05) is 54.6 Å². The summed E-state index contributed by atoms with van der Waals surface area (Å²) in [7, 11) is 0. The van der Waals surface area contributed by atoms with Crippen molar-refractivity contribution in [2.75, 3.05) is 5.32 Å². The summed E-state index contributed by atoms with van der Waals surface area (Å²) in [5, 5.41) is 37.6. The molecule has 0 bridgehead atoms. The summed E-state index contributed by atoms with van der Waals surface area (Å²) in [6.45, 7) is 0. The number of amides is 1. The minimum atomic E-state index is -0.494. The SMILES string of the molecule is N#Cc1cnn(-c2nc3ccccc3[nH]2)c1N=Nc1cc2ccccc2c(C(=O)Nc2ccccc2)c1O. The number of hydrogen-bond acceptors (Lipinski definition) is 7. The Morgan fingerprint density at radius 2 is 1.76 bits per heavy atom. The first-order chi connectivity index (χ1) is 18.6. The summed E-state index contributed by atoms with van der Waals surface area (Å²) < 4.78 is 1.36. The number of azo groups is 1. The van der Waals surface area contributed by atoms with Crippen molar-refractivity contribution in [2.45, 2.75) is 0 Å². The highest BCUT2D eigenvalue weighted by Gasteiger charge is 2.20. The molecule has 0 aliphatic heterocycles. The van der Waals surface area contributed by atoms with Crippen LogP contribution in [0.25, 0.3) is 27.8 Å². The number of phenols is 1. The number of rotatable bonds is 5. The third-order valence-corrected chi connectivity index (χ3v) is 5.95. The van der Waals surface area contributed by atoms with E-state index >= 15 is 0 Å². The van der Waals surface area contributed by atoms with Gasteiger partial charge >= 0.3 is 0 Å². The summed E-state index contributed by atoms with van der Waals surface area (Å²) in [5.74, 6) is -0.358. The minimum Gasteiger partial charge on any atom is -0.505 e. The Labute approximate surface area is 215 Å². The number of aromatic hydroxyl groups is 1. The van der Waals surface area contributed by atoms with Gasteiger partial charge in [-0.25, -0.2) is 4.98 Å². The van der Waals surface area contributed by atoms with Crippen LogP contribution in [0.3, 0.4) is 0 Å². The van der Waals surface area contributed by atoms with Crippen molar-refractivity contribution >= 4 is 44.9 Å². The molecule has 2 aromatic heterocycles. The van der Waals surface area contributed by atoms with E-state index in [1.54, 1.807) is 42.5 Å². The molecule has 1 amide bonds. The lowest BCUT2D eigenvalue weighted by Gasteiger charge is -2.12. The zero-order valence-electron chi connectivity index (χ0n) is 19.7. The molecule has 0 aliphatic carbocycles. The van der Waals surface area contributed by atoms with Crippen LogP contribution in [0.2, 0.25) is 0 Å². The molecule has 38 heavy (non-hydrogen) atoms. The van der Waals surface area contributed by atoms with Gasteiger partial charge < -0.3 is 15.4 Å². The average Bonchev–Trinajstić information content (AvgIpc) is 3.56. The topological polar surface area (TPSA) is 144 Å². The predicted molar refractivity (Wildman–Crippen MR) is 142 cm³/mol. The van der Waals surface area contributed by atoms with Crippen LogP contribution in [-0.4, -0.2) is 30.8 Å². The molecule has 4 aromatic carbocycles. The summed E-state index contributed by atoms with van der Waals surface area (Å²) in [6.07, 6.45) is 1.36. The maximum atomic E-state index is 13.2. The standard InChI is InChI=1S/C28H18N8O2/c29-15-18-16-30-36(28-32-21-12-6-7-13-22(21)33-28)26(18)35-34-23-14-17-8-4-5-11-20(17)24(25(23)37)27(38)31-19-9-2-1-3-10-19/h1-14,16,37H,(H,31,38)(H,32,33). The number of nitrogens with zero attached hydrogens (tertiary/aromatic N) is 6. The van der Waals surface area contributed by atoms with Crippen molar-refractivity contribution in [2.24, 2.45) is 10.2 Å². The van der Waals surface area contributed by atoms with Crippen molar-refractivity contribution < 1.29 is 9.90 Å². The number of hydrogen-bond donors (Lipinski definition) is 3. The van der Waals surface area contributed by atoms with E-state index in [4.69, 9.17) is 0 Å². The predicted octanol–water partition coefficient (Wildman–Crippen LogP) is 6.15. The minimum absolute atomic E-state index is 0.0585. The zero-order chi connectivity index (χ0) is 26.1. The van der Waals surface area contributed by atoms with Crippen molar-refractivity contribution in [3.05, 3.63) is 102 Å². The van der Waals surface area contributed by atoms with Gasteiger partial charge in [-0.3, -0.25) is 4.79 Å². The van der Waals surface area contributed by atoms with E-state index < -0.39 is 5.91 Å². The third kappa shape index (κ3) is 4.00. The Bertz CT molecular complexity index is 1860. The number of para-hydroxylation sites is 3. The van der Waals surface area contributed by atoms with E-state index in [-0.39, 0.29) is 28.4 Å². The first kappa shape index (κ1) is 22.6. The molecule has 6 rings (SSSR count). The first-order valence-corrected chi connectivity index (χ1v) is 11.6. The number of anilines is 1. The highest BCUT2D eigenvalue weighted by molar-refractivity contribution is 6.16. The van der Waals surface area contributed by atoms with E-state index in [2.05, 4.69) is 36.7 Å². The fourth-order valence-electron chi connectivity index (χ4n) is 4.16. The molecular weight excluding hydrogens is 480 g/mol. The van der Waals surface area contributed by atoms with Gasteiger partial charge in [-0.15, -0.1) is 10.2 Å². The molecule has 0 saturated carbocycles. The van der Waals surface area contributed by atoms with Crippen LogP contribution in [-0.2, 0) is 0 Å². The number of benzene rings is 4. The third-order valence-electron chi connectivity index (χ3n) is 5.95. The summed E-state index contributed by atoms with van der Waals surface area (Å²) in [6, 6.07) is 27.3. The van der Waals surface area contributed by atoms with Gasteiger partial charge in [-0.05, 0) is 41.1 Å². The van der Waals surface area contributed by atoms with Crippen LogP contribution in [0.5, 0.6) is 5.75 Å². The van der Waals surface area contributed by atoms with Crippen LogP contribution < -0.4 is 5.32 Å². The van der Waals surface area contributed by atoms with E-state index in [0.29, 0.717) is 22.4 Å². The Hall–Kier alpha value is -5.82. The average molecular weight is 499 g/mol. The molecular formula is C28H18N8O2.